The van der Waals surface area contributed by atoms with Gasteiger partial charge >= 0.3 is 0 Å². The van der Waals surface area contributed by atoms with Gasteiger partial charge in [-0.3, -0.25) is 0 Å². The van der Waals surface area contributed by atoms with Crippen molar-refractivity contribution in [2.45, 2.75) is 65.5 Å². The zero-order valence-electron chi connectivity index (χ0n) is 16.2. The Balaban J connectivity index is 2.69. The van der Waals surface area contributed by atoms with Crippen LogP contribution in [0.1, 0.15) is 52.8 Å². The fourth-order valence-electron chi connectivity index (χ4n) is 2.55. The summed E-state index contributed by atoms with van der Waals surface area (Å²) in [5.74, 6) is 1.54. The summed E-state index contributed by atoms with van der Waals surface area (Å²) in [7, 11) is -0.914. The van der Waals surface area contributed by atoms with Gasteiger partial charge in [0, 0.05) is 17.0 Å². The van der Waals surface area contributed by atoms with Crippen LogP contribution >= 0.6 is 0 Å². The Bertz CT molecular complexity index is 721. The molecule has 1 heterocycles. The Hall–Kier alpha value is -1.75. The van der Waals surface area contributed by atoms with Crippen molar-refractivity contribution in [2.24, 2.45) is 0 Å². The van der Waals surface area contributed by atoms with Crippen molar-refractivity contribution in [3.8, 4) is 11.4 Å². The van der Waals surface area contributed by atoms with E-state index in [9.17, 15) is 0 Å². The van der Waals surface area contributed by atoms with Crippen molar-refractivity contribution < 1.29 is 4.43 Å². The lowest BCUT2D eigenvalue weighted by molar-refractivity contribution is 0.514. The number of benzene rings is 1. The third kappa shape index (κ3) is 3.83. The minimum atomic E-state index is -0.914. The average Bonchev–Trinajstić information content (AvgIpc) is 2.79. The Morgan fingerprint density at radius 1 is 1.04 bits per heavy atom. The molecule has 0 saturated carbocycles. The van der Waals surface area contributed by atoms with Crippen LogP contribution in [0.2, 0.25) is 13.1 Å². The topological polar surface area (TPSA) is 53.1 Å². The molecule has 1 aromatic heterocycles. The van der Waals surface area contributed by atoms with Crippen LogP contribution in [0.4, 0.5) is 5.82 Å². The molecule has 0 spiro atoms. The van der Waals surface area contributed by atoms with Gasteiger partial charge in [-0.2, -0.15) is 5.10 Å². The Labute approximate surface area is 147 Å². The highest BCUT2D eigenvalue weighted by molar-refractivity contribution is 6.49. The number of rotatable bonds is 3. The predicted octanol–water partition coefficient (Wildman–Crippen LogP) is 4.68. The zero-order chi connectivity index (χ0) is 18.3. The van der Waals surface area contributed by atoms with Crippen molar-refractivity contribution in [2.75, 3.05) is 5.73 Å². The monoisotopic (exact) mass is 344 g/mol. The second-order valence-corrected chi connectivity index (χ2v) is 10.6. The number of nitrogen functional groups attached to an aromatic ring is 1. The second kappa shape index (κ2) is 6.28. The van der Waals surface area contributed by atoms with Crippen molar-refractivity contribution >= 4 is 14.9 Å². The summed E-state index contributed by atoms with van der Waals surface area (Å²) in [6.07, 6.45) is 0. The Morgan fingerprint density at radius 2 is 1.67 bits per heavy atom. The fourth-order valence-corrected chi connectivity index (χ4v) is 3.17. The van der Waals surface area contributed by atoms with Gasteiger partial charge in [-0.15, -0.1) is 0 Å². The molecule has 131 valence electrons. The van der Waals surface area contributed by atoms with Crippen LogP contribution in [-0.2, 0) is 10.8 Å². The van der Waals surface area contributed by atoms with E-state index in [0.717, 1.165) is 17.1 Å². The lowest BCUT2D eigenvalue weighted by Gasteiger charge is -2.26. The maximum absolute atomic E-state index is 6.29. The van der Waals surface area contributed by atoms with E-state index in [2.05, 4.69) is 66.8 Å². The van der Waals surface area contributed by atoms with Gasteiger partial charge in [0.25, 0.3) is 9.04 Å². The van der Waals surface area contributed by atoms with E-state index in [4.69, 9.17) is 15.3 Å². The van der Waals surface area contributed by atoms with E-state index in [1.54, 1.807) is 0 Å². The molecule has 0 aliphatic rings. The second-order valence-electron chi connectivity index (χ2n) is 8.53. The number of hydrogen-bond donors (Lipinski definition) is 1. The third-order valence-electron chi connectivity index (χ3n) is 3.84. The molecule has 5 heteroatoms. The molecule has 2 N–H and O–H groups in total. The number of nitrogens with two attached hydrogens (primary N) is 1. The molecule has 0 aliphatic heterocycles. The van der Waals surface area contributed by atoms with E-state index in [-0.39, 0.29) is 10.8 Å². The highest BCUT2D eigenvalue weighted by atomic mass is 28.3. The lowest BCUT2D eigenvalue weighted by atomic mass is 9.86. The van der Waals surface area contributed by atoms with Gasteiger partial charge in [-0.05, 0) is 24.6 Å². The van der Waals surface area contributed by atoms with Gasteiger partial charge in [-0.25, -0.2) is 4.68 Å². The first-order valence-electron chi connectivity index (χ1n) is 8.39. The number of hydrogen-bond acceptors (Lipinski definition) is 3. The largest absolute Gasteiger partial charge is 0.541 e. The summed E-state index contributed by atoms with van der Waals surface area (Å²) >= 11 is 0. The van der Waals surface area contributed by atoms with E-state index in [0.29, 0.717) is 5.82 Å². The molecule has 0 saturated heterocycles. The summed E-state index contributed by atoms with van der Waals surface area (Å²) in [5.41, 5.74) is 9.29. The molecule has 0 fully saturated rings. The molecule has 0 unspecified atom stereocenters. The minimum Gasteiger partial charge on any atom is -0.541 e. The van der Waals surface area contributed by atoms with Gasteiger partial charge in [0.2, 0.25) is 0 Å². The maximum atomic E-state index is 6.29. The quantitative estimate of drug-likeness (QED) is 0.823. The van der Waals surface area contributed by atoms with Gasteiger partial charge in [0.05, 0.1) is 5.69 Å². The highest BCUT2D eigenvalue weighted by Crippen LogP contribution is 2.37. The molecule has 0 atom stereocenters. The Kier molecular flexibility index (Phi) is 4.86. The lowest BCUT2D eigenvalue weighted by Crippen LogP contribution is -2.20. The first-order chi connectivity index (χ1) is 10.9. The van der Waals surface area contributed by atoms with Crippen molar-refractivity contribution in [3.63, 3.8) is 0 Å². The van der Waals surface area contributed by atoms with E-state index < -0.39 is 9.04 Å². The molecule has 0 amide bonds. The maximum Gasteiger partial charge on any atom is 0.274 e. The third-order valence-corrected chi connectivity index (χ3v) is 4.45. The van der Waals surface area contributed by atoms with Crippen molar-refractivity contribution in [3.05, 3.63) is 35.5 Å². The van der Waals surface area contributed by atoms with Crippen LogP contribution in [0.3, 0.4) is 0 Å². The Morgan fingerprint density at radius 3 is 2.12 bits per heavy atom. The minimum absolute atomic E-state index is 0.0164. The van der Waals surface area contributed by atoms with Crippen LogP contribution in [-0.4, -0.2) is 18.8 Å². The van der Waals surface area contributed by atoms with Crippen LogP contribution in [0.15, 0.2) is 24.3 Å². The smallest absolute Gasteiger partial charge is 0.274 e. The molecule has 1 radical (unpaired) electrons. The summed E-state index contributed by atoms with van der Waals surface area (Å²) in [6, 6.07) is 8.18. The van der Waals surface area contributed by atoms with Gasteiger partial charge in [0.1, 0.15) is 17.3 Å². The molecule has 2 rings (SSSR count). The summed E-state index contributed by atoms with van der Waals surface area (Å²) < 4.78 is 8.11. The first-order valence-corrected chi connectivity index (χ1v) is 10.8. The molecule has 24 heavy (non-hydrogen) atoms. The normalized spacial score (nSPS) is 12.7. The van der Waals surface area contributed by atoms with E-state index in [1.165, 1.54) is 5.56 Å². The van der Waals surface area contributed by atoms with Crippen LogP contribution in [0, 0.1) is 0 Å². The van der Waals surface area contributed by atoms with Gasteiger partial charge < -0.3 is 10.2 Å². The van der Waals surface area contributed by atoms with Gasteiger partial charge in [-0.1, -0.05) is 53.7 Å². The number of anilines is 1. The zero-order valence-corrected chi connectivity index (χ0v) is 17.2. The molecule has 0 bridgehead atoms. The van der Waals surface area contributed by atoms with E-state index >= 15 is 0 Å². The molecule has 1 aromatic carbocycles. The van der Waals surface area contributed by atoms with Crippen molar-refractivity contribution in [1.29, 1.82) is 0 Å². The highest BCUT2D eigenvalue weighted by Gasteiger charge is 2.25. The number of aromatic nitrogens is 2. The van der Waals surface area contributed by atoms with Crippen LogP contribution in [0.25, 0.3) is 5.69 Å². The van der Waals surface area contributed by atoms with Gasteiger partial charge in [0.15, 0.2) is 0 Å². The molecule has 0 aliphatic carbocycles. The molecular formula is C19H30N3OSi. The molecule has 4 nitrogen and oxygen atoms in total. The van der Waals surface area contributed by atoms with Crippen molar-refractivity contribution in [1.82, 2.24) is 9.78 Å². The first kappa shape index (κ1) is 18.6. The fraction of sp³-hybridized carbons (Fsp3) is 0.526. The van der Waals surface area contributed by atoms with E-state index in [1.807, 2.05) is 16.8 Å². The SMILES string of the molecule is C[Si](C)Oc1c(-n2nc(C(C)(C)C)cc2N)cccc1C(C)(C)C. The molecular weight excluding hydrogens is 314 g/mol. The standard InChI is InChI=1S/C19H30N3OSi/c1-18(2,3)13-10-9-11-14(17(13)23-24(7)8)22-16(20)12-15(21-22)19(4,5)6/h9-12H,20H2,1-8H3. The summed E-state index contributed by atoms with van der Waals surface area (Å²) in [6.45, 7) is 17.3. The van der Waals surface area contributed by atoms with Crippen LogP contribution < -0.4 is 10.2 Å². The molecule has 2 aromatic rings. The number of para-hydroxylation sites is 1. The number of nitrogens with zero attached hydrogens (tertiary/aromatic N) is 2. The predicted molar refractivity (Wildman–Crippen MR) is 103 cm³/mol. The van der Waals surface area contributed by atoms with Crippen LogP contribution in [0.5, 0.6) is 5.75 Å². The summed E-state index contributed by atoms with van der Waals surface area (Å²) in [4.78, 5) is 0. The average molecular weight is 345 g/mol. The summed E-state index contributed by atoms with van der Waals surface area (Å²) in [5, 5.41) is 4.77.